The summed E-state index contributed by atoms with van der Waals surface area (Å²) < 4.78 is 0. The fourth-order valence-electron chi connectivity index (χ4n) is 2.83. The van der Waals surface area contributed by atoms with E-state index in [1.165, 1.54) is 18.1 Å². The first kappa shape index (κ1) is 19.5. The molecule has 0 heterocycles. The van der Waals surface area contributed by atoms with Gasteiger partial charge in [-0.1, -0.05) is 32.0 Å². The first-order valence-electron chi connectivity index (χ1n) is 9.05. The molecular formula is C21H27N3O2. The molecule has 0 aliphatic rings. The predicted molar refractivity (Wildman–Crippen MR) is 108 cm³/mol. The lowest BCUT2D eigenvalue weighted by Gasteiger charge is -2.15. The van der Waals surface area contributed by atoms with E-state index < -0.39 is 0 Å². The van der Waals surface area contributed by atoms with Gasteiger partial charge in [-0.3, -0.25) is 9.59 Å². The Balaban J connectivity index is 1.87. The lowest BCUT2D eigenvalue weighted by Crippen LogP contribution is -2.17. The molecule has 0 saturated heterocycles. The molecule has 3 N–H and O–H groups in total. The largest absolute Gasteiger partial charge is 0.384 e. The molecule has 0 radical (unpaired) electrons. The van der Waals surface area contributed by atoms with Crippen molar-refractivity contribution >= 4 is 28.9 Å². The van der Waals surface area contributed by atoms with Gasteiger partial charge in [-0.2, -0.15) is 0 Å². The highest BCUT2D eigenvalue weighted by Crippen LogP contribution is 2.22. The molecule has 0 bridgehead atoms. The van der Waals surface area contributed by atoms with Crippen molar-refractivity contribution in [2.24, 2.45) is 0 Å². The zero-order valence-corrected chi connectivity index (χ0v) is 15.7. The number of anilines is 3. The van der Waals surface area contributed by atoms with Crippen LogP contribution in [0.5, 0.6) is 0 Å². The van der Waals surface area contributed by atoms with E-state index in [0.29, 0.717) is 24.3 Å². The van der Waals surface area contributed by atoms with Crippen molar-refractivity contribution in [1.82, 2.24) is 0 Å². The lowest BCUT2D eigenvalue weighted by molar-refractivity contribution is -0.116. The Labute approximate surface area is 155 Å². The maximum Gasteiger partial charge on any atom is 0.226 e. The highest BCUT2D eigenvalue weighted by molar-refractivity contribution is 5.92. The van der Waals surface area contributed by atoms with Crippen LogP contribution in [0.4, 0.5) is 17.1 Å². The second-order valence-corrected chi connectivity index (χ2v) is 6.14. The van der Waals surface area contributed by atoms with Crippen LogP contribution in [0.15, 0.2) is 42.5 Å². The Morgan fingerprint density at radius 3 is 1.88 bits per heavy atom. The summed E-state index contributed by atoms with van der Waals surface area (Å²) in [6.07, 6.45) is 2.31. The standard InChI is InChI=1S/C21H27N3O2/c1-4-16-7-6-8-17(5-2)21(16)22-14-13-20(26)24-19-11-9-18(10-12-19)23-15(3)25/h6-12,22H,4-5,13-14H2,1-3H3,(H,23,25)(H,24,26). The molecule has 5 nitrogen and oxygen atoms in total. The number of amides is 2. The normalized spacial score (nSPS) is 10.3. The van der Waals surface area contributed by atoms with Crippen LogP contribution in [0.2, 0.25) is 0 Å². The zero-order chi connectivity index (χ0) is 18.9. The molecule has 138 valence electrons. The number of para-hydroxylation sites is 1. The van der Waals surface area contributed by atoms with E-state index in [4.69, 9.17) is 0 Å². The van der Waals surface area contributed by atoms with Gasteiger partial charge in [0.25, 0.3) is 0 Å². The minimum absolute atomic E-state index is 0.0446. The van der Waals surface area contributed by atoms with Gasteiger partial charge in [0.05, 0.1) is 0 Å². The van der Waals surface area contributed by atoms with E-state index >= 15 is 0 Å². The van der Waals surface area contributed by atoms with Crippen LogP contribution in [-0.2, 0) is 22.4 Å². The van der Waals surface area contributed by atoms with Crippen LogP contribution >= 0.6 is 0 Å². The number of hydrogen-bond donors (Lipinski definition) is 3. The Kier molecular flexibility index (Phi) is 7.21. The monoisotopic (exact) mass is 353 g/mol. The molecule has 0 atom stereocenters. The van der Waals surface area contributed by atoms with Gasteiger partial charge < -0.3 is 16.0 Å². The summed E-state index contributed by atoms with van der Waals surface area (Å²) >= 11 is 0. The van der Waals surface area contributed by atoms with E-state index in [0.717, 1.165) is 18.5 Å². The molecule has 2 rings (SSSR count). The molecule has 0 unspecified atom stereocenters. The van der Waals surface area contributed by atoms with Crippen LogP contribution in [0.1, 0.15) is 38.3 Å². The van der Waals surface area contributed by atoms with Crippen molar-refractivity contribution in [2.75, 3.05) is 22.5 Å². The summed E-state index contributed by atoms with van der Waals surface area (Å²) in [4.78, 5) is 23.2. The van der Waals surface area contributed by atoms with E-state index in [1.807, 2.05) is 0 Å². The van der Waals surface area contributed by atoms with Crippen LogP contribution in [0.3, 0.4) is 0 Å². The molecule has 0 spiro atoms. The zero-order valence-electron chi connectivity index (χ0n) is 15.7. The van der Waals surface area contributed by atoms with Gasteiger partial charge >= 0.3 is 0 Å². The van der Waals surface area contributed by atoms with Crippen molar-refractivity contribution in [3.63, 3.8) is 0 Å². The molecule has 2 aromatic carbocycles. The number of benzene rings is 2. The maximum atomic E-state index is 12.2. The molecule has 0 fully saturated rings. The van der Waals surface area contributed by atoms with Crippen LogP contribution in [0.25, 0.3) is 0 Å². The Morgan fingerprint density at radius 2 is 1.38 bits per heavy atom. The van der Waals surface area contributed by atoms with Crippen molar-refractivity contribution in [3.8, 4) is 0 Å². The summed E-state index contributed by atoms with van der Waals surface area (Å²) in [6, 6.07) is 13.4. The van der Waals surface area contributed by atoms with Crippen molar-refractivity contribution < 1.29 is 9.59 Å². The molecule has 0 aliphatic heterocycles. The predicted octanol–water partition coefficient (Wildman–Crippen LogP) is 4.21. The fraction of sp³-hybridized carbons (Fsp3) is 0.333. The van der Waals surface area contributed by atoms with Gasteiger partial charge in [-0.25, -0.2) is 0 Å². The third-order valence-electron chi connectivity index (χ3n) is 4.14. The number of carbonyl (C=O) groups is 2. The number of nitrogens with one attached hydrogen (secondary N) is 3. The highest BCUT2D eigenvalue weighted by atomic mass is 16.2. The molecule has 26 heavy (non-hydrogen) atoms. The molecule has 2 aromatic rings. The van der Waals surface area contributed by atoms with Crippen molar-refractivity contribution in [1.29, 1.82) is 0 Å². The van der Waals surface area contributed by atoms with Gasteiger partial charge in [0.2, 0.25) is 11.8 Å². The van der Waals surface area contributed by atoms with Gasteiger partial charge in [0.1, 0.15) is 0 Å². The average molecular weight is 353 g/mol. The second-order valence-electron chi connectivity index (χ2n) is 6.14. The Morgan fingerprint density at radius 1 is 0.846 bits per heavy atom. The number of hydrogen-bond acceptors (Lipinski definition) is 3. The lowest BCUT2D eigenvalue weighted by atomic mass is 10.0. The van der Waals surface area contributed by atoms with Crippen LogP contribution in [-0.4, -0.2) is 18.4 Å². The van der Waals surface area contributed by atoms with Gasteiger partial charge in [0.15, 0.2) is 0 Å². The Hall–Kier alpha value is -2.82. The van der Waals surface area contributed by atoms with E-state index in [-0.39, 0.29) is 11.8 Å². The summed E-state index contributed by atoms with van der Waals surface area (Å²) in [7, 11) is 0. The van der Waals surface area contributed by atoms with E-state index in [1.54, 1.807) is 24.3 Å². The van der Waals surface area contributed by atoms with Gasteiger partial charge in [0, 0.05) is 37.0 Å². The molecule has 5 heteroatoms. The minimum atomic E-state index is -0.119. The third-order valence-corrected chi connectivity index (χ3v) is 4.14. The van der Waals surface area contributed by atoms with Crippen molar-refractivity contribution in [3.05, 3.63) is 53.6 Å². The summed E-state index contributed by atoms with van der Waals surface area (Å²) in [5.74, 6) is -0.163. The number of rotatable bonds is 8. The maximum absolute atomic E-state index is 12.2. The first-order chi connectivity index (χ1) is 12.5. The first-order valence-corrected chi connectivity index (χ1v) is 9.05. The average Bonchev–Trinajstić information content (AvgIpc) is 2.63. The summed E-state index contributed by atoms with van der Waals surface area (Å²) in [5, 5.41) is 8.99. The molecular weight excluding hydrogens is 326 g/mol. The van der Waals surface area contributed by atoms with Gasteiger partial charge in [-0.15, -0.1) is 0 Å². The third kappa shape index (κ3) is 5.62. The quantitative estimate of drug-likeness (QED) is 0.666. The SMILES string of the molecule is CCc1cccc(CC)c1NCCC(=O)Nc1ccc(NC(C)=O)cc1. The van der Waals surface area contributed by atoms with Crippen molar-refractivity contribution in [2.45, 2.75) is 40.0 Å². The topological polar surface area (TPSA) is 70.2 Å². The number of aryl methyl sites for hydroxylation is 2. The molecule has 0 saturated carbocycles. The van der Waals surface area contributed by atoms with Gasteiger partial charge in [-0.05, 0) is 48.2 Å². The van der Waals surface area contributed by atoms with Crippen LogP contribution in [0, 0.1) is 0 Å². The van der Waals surface area contributed by atoms with E-state index in [2.05, 4.69) is 48.0 Å². The molecule has 2 amide bonds. The fourth-order valence-corrected chi connectivity index (χ4v) is 2.83. The smallest absolute Gasteiger partial charge is 0.226 e. The second kappa shape index (κ2) is 9.61. The molecule has 0 aliphatic carbocycles. The summed E-state index contributed by atoms with van der Waals surface area (Å²) in [6.45, 7) is 6.32. The number of carbonyl (C=O) groups excluding carboxylic acids is 2. The highest BCUT2D eigenvalue weighted by Gasteiger charge is 2.07. The minimum Gasteiger partial charge on any atom is -0.384 e. The van der Waals surface area contributed by atoms with E-state index in [9.17, 15) is 9.59 Å². The summed E-state index contributed by atoms with van der Waals surface area (Å²) in [5.41, 5.74) is 5.13. The van der Waals surface area contributed by atoms with Crippen LogP contribution < -0.4 is 16.0 Å². The Bertz CT molecular complexity index is 732. The molecule has 0 aromatic heterocycles.